The zero-order valence-corrected chi connectivity index (χ0v) is 12.2. The third-order valence-electron chi connectivity index (χ3n) is 3.89. The summed E-state index contributed by atoms with van der Waals surface area (Å²) in [4.78, 5) is 19.0. The molecule has 0 aliphatic carbocycles. The van der Waals surface area contributed by atoms with Crippen molar-refractivity contribution in [2.75, 3.05) is 13.1 Å². The van der Waals surface area contributed by atoms with E-state index >= 15 is 0 Å². The summed E-state index contributed by atoms with van der Waals surface area (Å²) in [6, 6.07) is 5.77. The molecule has 1 aliphatic heterocycles. The lowest BCUT2D eigenvalue weighted by molar-refractivity contribution is 0.0754. The minimum Gasteiger partial charge on any atom is -0.337 e. The van der Waals surface area contributed by atoms with Crippen molar-refractivity contribution in [3.05, 3.63) is 29.6 Å². The Morgan fingerprint density at radius 3 is 2.84 bits per heavy atom. The lowest BCUT2D eigenvalue weighted by Gasteiger charge is -2.20. The summed E-state index contributed by atoms with van der Waals surface area (Å²) in [5.74, 6) is 1.18. The van der Waals surface area contributed by atoms with Crippen molar-refractivity contribution in [2.45, 2.75) is 46.0 Å². The lowest BCUT2D eigenvalue weighted by atomic mass is 10.0. The summed E-state index contributed by atoms with van der Waals surface area (Å²) in [5.41, 5.74) is 1.59. The summed E-state index contributed by atoms with van der Waals surface area (Å²) >= 11 is 0. The Labute approximate surface area is 116 Å². The van der Waals surface area contributed by atoms with E-state index in [0.29, 0.717) is 11.6 Å². The fourth-order valence-electron chi connectivity index (χ4n) is 2.52. The Morgan fingerprint density at radius 2 is 2.11 bits per heavy atom. The van der Waals surface area contributed by atoms with Crippen molar-refractivity contribution in [1.29, 1.82) is 0 Å². The molecular formula is C16H24N2O. The minimum atomic E-state index is 0.0941. The first-order chi connectivity index (χ1) is 9.08. The van der Waals surface area contributed by atoms with Crippen molar-refractivity contribution in [2.24, 2.45) is 5.92 Å². The predicted octanol–water partition coefficient (Wildman–Crippen LogP) is 3.47. The molecule has 2 rings (SSSR count). The average molecular weight is 260 g/mol. The quantitative estimate of drug-likeness (QED) is 0.815. The Morgan fingerprint density at radius 1 is 1.32 bits per heavy atom. The molecule has 1 aliphatic rings. The van der Waals surface area contributed by atoms with Gasteiger partial charge in [0.05, 0.1) is 0 Å². The maximum Gasteiger partial charge on any atom is 0.272 e. The number of carbonyl (C=O) groups is 1. The van der Waals surface area contributed by atoms with Gasteiger partial charge in [-0.2, -0.15) is 0 Å². The van der Waals surface area contributed by atoms with Gasteiger partial charge in [-0.25, -0.2) is 4.98 Å². The van der Waals surface area contributed by atoms with Gasteiger partial charge in [0.25, 0.3) is 5.91 Å². The Balaban J connectivity index is 2.12. The molecule has 19 heavy (non-hydrogen) atoms. The van der Waals surface area contributed by atoms with Crippen LogP contribution in [0.4, 0.5) is 0 Å². The first-order valence-corrected chi connectivity index (χ1v) is 7.34. The van der Waals surface area contributed by atoms with Crippen molar-refractivity contribution in [3.63, 3.8) is 0 Å². The van der Waals surface area contributed by atoms with Crippen LogP contribution in [0.2, 0.25) is 0 Å². The third kappa shape index (κ3) is 3.55. The summed E-state index contributed by atoms with van der Waals surface area (Å²) in [5, 5.41) is 0. The number of likely N-dealkylation sites (tertiary alicyclic amines) is 1. The van der Waals surface area contributed by atoms with E-state index < -0.39 is 0 Å². The largest absolute Gasteiger partial charge is 0.337 e. The van der Waals surface area contributed by atoms with Gasteiger partial charge in [-0.3, -0.25) is 4.79 Å². The molecule has 0 unspecified atom stereocenters. The number of carbonyl (C=O) groups excluding carboxylic acids is 1. The minimum absolute atomic E-state index is 0.0941. The standard InChI is InChI=1S/C16H24N2O/c1-12(2)14-7-4-8-15(17-14)16(19)18-10-5-6-13(3)9-11-18/h4,7-8,12-13H,5-6,9-11H2,1-3H3/t13-/m0/s1. The summed E-state index contributed by atoms with van der Waals surface area (Å²) in [6.45, 7) is 8.21. The molecule has 1 atom stereocenters. The van der Waals surface area contributed by atoms with Crippen LogP contribution in [-0.2, 0) is 0 Å². The second-order valence-corrected chi connectivity index (χ2v) is 5.93. The Bertz CT molecular complexity index is 442. The van der Waals surface area contributed by atoms with Gasteiger partial charge in [-0.05, 0) is 43.2 Å². The summed E-state index contributed by atoms with van der Waals surface area (Å²) in [6.07, 6.45) is 3.44. The summed E-state index contributed by atoms with van der Waals surface area (Å²) in [7, 11) is 0. The first kappa shape index (κ1) is 14.0. The molecule has 2 heterocycles. The van der Waals surface area contributed by atoms with Crippen LogP contribution in [0.1, 0.15) is 62.1 Å². The van der Waals surface area contributed by atoms with Crippen LogP contribution in [0.15, 0.2) is 18.2 Å². The van der Waals surface area contributed by atoms with E-state index in [0.717, 1.165) is 37.5 Å². The number of hydrogen-bond donors (Lipinski definition) is 0. The van der Waals surface area contributed by atoms with E-state index in [1.807, 2.05) is 23.1 Å². The molecule has 1 fully saturated rings. The van der Waals surface area contributed by atoms with E-state index in [1.165, 1.54) is 6.42 Å². The molecule has 1 aromatic rings. The molecule has 3 heteroatoms. The van der Waals surface area contributed by atoms with Crippen LogP contribution in [0.25, 0.3) is 0 Å². The number of nitrogens with zero attached hydrogens (tertiary/aromatic N) is 2. The first-order valence-electron chi connectivity index (χ1n) is 7.34. The molecule has 104 valence electrons. The number of aromatic nitrogens is 1. The highest BCUT2D eigenvalue weighted by molar-refractivity contribution is 5.92. The molecule has 0 spiro atoms. The van der Waals surface area contributed by atoms with Gasteiger partial charge in [0.1, 0.15) is 5.69 Å². The molecule has 1 aromatic heterocycles. The van der Waals surface area contributed by atoms with E-state index in [2.05, 4.69) is 25.8 Å². The van der Waals surface area contributed by atoms with Crippen LogP contribution in [-0.4, -0.2) is 28.9 Å². The van der Waals surface area contributed by atoms with E-state index in [4.69, 9.17) is 0 Å². The molecule has 0 saturated carbocycles. The number of amides is 1. The van der Waals surface area contributed by atoms with Crippen LogP contribution in [0.3, 0.4) is 0 Å². The molecule has 1 saturated heterocycles. The van der Waals surface area contributed by atoms with Gasteiger partial charge in [-0.15, -0.1) is 0 Å². The second kappa shape index (κ2) is 6.18. The maximum atomic E-state index is 12.5. The average Bonchev–Trinajstić information content (AvgIpc) is 2.63. The van der Waals surface area contributed by atoms with E-state index in [-0.39, 0.29) is 5.91 Å². The maximum absolute atomic E-state index is 12.5. The number of pyridine rings is 1. The monoisotopic (exact) mass is 260 g/mol. The highest BCUT2D eigenvalue weighted by Crippen LogP contribution is 2.18. The fourth-order valence-corrected chi connectivity index (χ4v) is 2.52. The van der Waals surface area contributed by atoms with Crippen LogP contribution in [0.5, 0.6) is 0 Å². The normalized spacial score (nSPS) is 20.4. The van der Waals surface area contributed by atoms with Gasteiger partial charge in [0, 0.05) is 18.8 Å². The van der Waals surface area contributed by atoms with Gasteiger partial charge in [0.15, 0.2) is 0 Å². The smallest absolute Gasteiger partial charge is 0.272 e. The SMILES string of the molecule is CC(C)c1cccc(C(=O)N2CCC[C@H](C)CC2)n1. The van der Waals surface area contributed by atoms with Gasteiger partial charge in [0.2, 0.25) is 0 Å². The molecule has 1 amide bonds. The van der Waals surface area contributed by atoms with E-state index in [1.54, 1.807) is 0 Å². The topological polar surface area (TPSA) is 33.2 Å². The lowest BCUT2D eigenvalue weighted by Crippen LogP contribution is -2.32. The van der Waals surface area contributed by atoms with Gasteiger partial charge < -0.3 is 4.90 Å². The van der Waals surface area contributed by atoms with Crippen molar-refractivity contribution in [1.82, 2.24) is 9.88 Å². The van der Waals surface area contributed by atoms with Crippen molar-refractivity contribution >= 4 is 5.91 Å². The van der Waals surface area contributed by atoms with Crippen LogP contribution < -0.4 is 0 Å². The molecule has 3 nitrogen and oxygen atoms in total. The highest BCUT2D eigenvalue weighted by Gasteiger charge is 2.20. The number of rotatable bonds is 2. The van der Waals surface area contributed by atoms with Crippen LogP contribution >= 0.6 is 0 Å². The molecular weight excluding hydrogens is 236 g/mol. The third-order valence-corrected chi connectivity index (χ3v) is 3.89. The number of hydrogen-bond acceptors (Lipinski definition) is 2. The second-order valence-electron chi connectivity index (χ2n) is 5.93. The van der Waals surface area contributed by atoms with Crippen LogP contribution in [0, 0.1) is 5.92 Å². The fraction of sp³-hybridized carbons (Fsp3) is 0.625. The molecule has 0 aromatic carbocycles. The van der Waals surface area contributed by atoms with Crippen molar-refractivity contribution < 1.29 is 4.79 Å². The zero-order chi connectivity index (χ0) is 13.8. The summed E-state index contributed by atoms with van der Waals surface area (Å²) < 4.78 is 0. The van der Waals surface area contributed by atoms with Gasteiger partial charge >= 0.3 is 0 Å². The zero-order valence-electron chi connectivity index (χ0n) is 12.2. The van der Waals surface area contributed by atoms with Crippen molar-refractivity contribution in [3.8, 4) is 0 Å². The Kier molecular flexibility index (Phi) is 4.56. The molecule has 0 N–H and O–H groups in total. The van der Waals surface area contributed by atoms with E-state index in [9.17, 15) is 4.79 Å². The highest BCUT2D eigenvalue weighted by atomic mass is 16.2. The molecule has 0 radical (unpaired) electrons. The molecule has 0 bridgehead atoms. The van der Waals surface area contributed by atoms with Gasteiger partial charge in [-0.1, -0.05) is 26.8 Å². The predicted molar refractivity (Wildman–Crippen MR) is 77.2 cm³/mol. The Hall–Kier alpha value is -1.38.